The van der Waals surface area contributed by atoms with Gasteiger partial charge in [-0.15, -0.1) is 0 Å². The van der Waals surface area contributed by atoms with Crippen molar-refractivity contribution >= 4 is 11.5 Å². The van der Waals surface area contributed by atoms with Gasteiger partial charge in [-0.2, -0.15) is 5.26 Å². The number of aromatic nitrogens is 1. The largest absolute Gasteiger partial charge is 0.354 e. The van der Waals surface area contributed by atoms with Crippen molar-refractivity contribution in [3.05, 3.63) is 63.8 Å². The van der Waals surface area contributed by atoms with Crippen LogP contribution in [0, 0.1) is 21.4 Å². The van der Waals surface area contributed by atoms with Crippen molar-refractivity contribution in [1.29, 1.82) is 5.26 Å². The molecule has 0 aliphatic carbocycles. The fourth-order valence-corrected chi connectivity index (χ4v) is 2.75. The molecule has 0 N–H and O–H groups in total. The van der Waals surface area contributed by atoms with Crippen LogP contribution in [0.3, 0.4) is 0 Å². The first-order valence-corrected chi connectivity index (χ1v) is 7.72. The number of benzene rings is 1. The highest BCUT2D eigenvalue weighted by molar-refractivity contribution is 5.43. The standard InChI is InChI=1S/C17H17N5O2/c18-11-14-1-3-15(4-2-14)13-20-7-9-21(10-8-20)17-6-5-16(12-19-17)22(23)24/h1-6,12H,7-10,13H2. The predicted octanol–water partition coefficient (Wildman–Crippen LogP) is 2.18. The fourth-order valence-electron chi connectivity index (χ4n) is 2.75. The third kappa shape index (κ3) is 3.67. The summed E-state index contributed by atoms with van der Waals surface area (Å²) in [5, 5.41) is 19.5. The number of anilines is 1. The molecule has 0 saturated carbocycles. The Kier molecular flexibility index (Phi) is 4.68. The van der Waals surface area contributed by atoms with E-state index in [1.165, 1.54) is 17.8 Å². The van der Waals surface area contributed by atoms with Gasteiger partial charge in [-0.1, -0.05) is 12.1 Å². The number of nitrogens with zero attached hydrogens (tertiary/aromatic N) is 5. The van der Waals surface area contributed by atoms with Crippen LogP contribution in [0.1, 0.15) is 11.1 Å². The first-order valence-electron chi connectivity index (χ1n) is 7.72. The maximum atomic E-state index is 10.7. The zero-order chi connectivity index (χ0) is 16.9. The highest BCUT2D eigenvalue weighted by atomic mass is 16.6. The summed E-state index contributed by atoms with van der Waals surface area (Å²) in [6.45, 7) is 4.33. The lowest BCUT2D eigenvalue weighted by molar-refractivity contribution is -0.385. The summed E-state index contributed by atoms with van der Waals surface area (Å²) in [4.78, 5) is 18.9. The SMILES string of the molecule is N#Cc1ccc(CN2CCN(c3ccc([N+](=O)[O-])cn3)CC2)cc1. The van der Waals surface area contributed by atoms with E-state index >= 15 is 0 Å². The summed E-state index contributed by atoms with van der Waals surface area (Å²) < 4.78 is 0. The molecule has 24 heavy (non-hydrogen) atoms. The molecule has 1 saturated heterocycles. The second kappa shape index (κ2) is 7.06. The van der Waals surface area contributed by atoms with Gasteiger partial charge >= 0.3 is 0 Å². The molecule has 0 spiro atoms. The molecule has 2 aromatic rings. The first-order chi connectivity index (χ1) is 11.7. The van der Waals surface area contributed by atoms with Gasteiger partial charge in [-0.25, -0.2) is 4.98 Å². The van der Waals surface area contributed by atoms with E-state index in [4.69, 9.17) is 5.26 Å². The predicted molar refractivity (Wildman–Crippen MR) is 89.5 cm³/mol. The molecule has 7 nitrogen and oxygen atoms in total. The average Bonchev–Trinajstić information content (AvgIpc) is 2.63. The molecule has 1 aliphatic heterocycles. The van der Waals surface area contributed by atoms with E-state index in [1.807, 2.05) is 24.3 Å². The number of hydrogen-bond donors (Lipinski definition) is 0. The van der Waals surface area contributed by atoms with Crippen LogP contribution in [0.5, 0.6) is 0 Å². The average molecular weight is 323 g/mol. The van der Waals surface area contributed by atoms with Crippen LogP contribution in [0.2, 0.25) is 0 Å². The molecule has 1 fully saturated rings. The Balaban J connectivity index is 1.55. The summed E-state index contributed by atoms with van der Waals surface area (Å²) in [5.41, 5.74) is 1.88. The number of pyridine rings is 1. The summed E-state index contributed by atoms with van der Waals surface area (Å²) in [6, 6.07) is 13.0. The maximum absolute atomic E-state index is 10.7. The Morgan fingerprint density at radius 2 is 1.83 bits per heavy atom. The smallest absolute Gasteiger partial charge is 0.287 e. The van der Waals surface area contributed by atoms with Gasteiger partial charge in [0.25, 0.3) is 5.69 Å². The Bertz CT molecular complexity index is 744. The molecule has 0 bridgehead atoms. The third-order valence-corrected chi connectivity index (χ3v) is 4.13. The lowest BCUT2D eigenvalue weighted by atomic mass is 10.1. The second-order valence-corrected chi connectivity index (χ2v) is 5.70. The van der Waals surface area contributed by atoms with E-state index in [1.54, 1.807) is 6.07 Å². The van der Waals surface area contributed by atoms with Crippen molar-refractivity contribution in [3.8, 4) is 6.07 Å². The first kappa shape index (κ1) is 15.9. The van der Waals surface area contributed by atoms with Crippen LogP contribution in [0.4, 0.5) is 11.5 Å². The minimum atomic E-state index is -0.438. The van der Waals surface area contributed by atoms with Crippen LogP contribution in [0.25, 0.3) is 0 Å². The summed E-state index contributed by atoms with van der Waals surface area (Å²) in [6.07, 6.45) is 1.30. The van der Waals surface area contributed by atoms with E-state index in [-0.39, 0.29) is 5.69 Å². The molecule has 122 valence electrons. The zero-order valence-corrected chi connectivity index (χ0v) is 13.1. The Hall–Kier alpha value is -2.98. The van der Waals surface area contributed by atoms with Crippen molar-refractivity contribution in [3.63, 3.8) is 0 Å². The molecular formula is C17H17N5O2. The number of nitro groups is 1. The van der Waals surface area contributed by atoms with Crippen LogP contribution >= 0.6 is 0 Å². The lowest BCUT2D eigenvalue weighted by Gasteiger charge is -2.35. The summed E-state index contributed by atoms with van der Waals surface area (Å²) in [5.74, 6) is 0.777. The Morgan fingerprint density at radius 1 is 1.12 bits per heavy atom. The molecular weight excluding hydrogens is 306 g/mol. The van der Waals surface area contributed by atoms with Crippen LogP contribution in [0.15, 0.2) is 42.6 Å². The van der Waals surface area contributed by atoms with Crippen LogP contribution < -0.4 is 4.90 Å². The second-order valence-electron chi connectivity index (χ2n) is 5.70. The molecule has 0 unspecified atom stereocenters. The number of hydrogen-bond acceptors (Lipinski definition) is 6. The zero-order valence-electron chi connectivity index (χ0n) is 13.1. The topological polar surface area (TPSA) is 86.3 Å². The van der Waals surface area contributed by atoms with Gasteiger partial charge in [0.2, 0.25) is 0 Å². The van der Waals surface area contributed by atoms with Crippen molar-refractivity contribution in [2.75, 3.05) is 31.1 Å². The quantitative estimate of drug-likeness (QED) is 0.633. The third-order valence-electron chi connectivity index (χ3n) is 4.13. The molecule has 0 amide bonds. The summed E-state index contributed by atoms with van der Waals surface area (Å²) >= 11 is 0. The van der Waals surface area contributed by atoms with Gasteiger partial charge < -0.3 is 4.90 Å². The highest BCUT2D eigenvalue weighted by Gasteiger charge is 2.18. The van der Waals surface area contributed by atoms with E-state index in [2.05, 4.69) is 20.9 Å². The maximum Gasteiger partial charge on any atom is 0.287 e. The van der Waals surface area contributed by atoms with Crippen molar-refractivity contribution < 1.29 is 4.92 Å². The van der Waals surface area contributed by atoms with Crippen molar-refractivity contribution in [2.24, 2.45) is 0 Å². The van der Waals surface area contributed by atoms with Crippen molar-refractivity contribution in [2.45, 2.75) is 6.54 Å². The minimum absolute atomic E-state index is 0.0122. The fraction of sp³-hybridized carbons (Fsp3) is 0.294. The van der Waals surface area contributed by atoms with Gasteiger partial charge in [-0.3, -0.25) is 15.0 Å². The van der Waals surface area contributed by atoms with Crippen LogP contribution in [-0.2, 0) is 6.54 Å². The Labute approximate surface area is 139 Å². The van der Waals surface area contributed by atoms with Gasteiger partial charge in [0.1, 0.15) is 12.0 Å². The van der Waals surface area contributed by atoms with E-state index in [0.29, 0.717) is 5.56 Å². The number of piperazine rings is 1. The molecule has 7 heteroatoms. The molecule has 0 radical (unpaired) electrons. The number of rotatable bonds is 4. The van der Waals surface area contributed by atoms with E-state index in [9.17, 15) is 10.1 Å². The monoisotopic (exact) mass is 323 g/mol. The van der Waals surface area contributed by atoms with Crippen molar-refractivity contribution in [1.82, 2.24) is 9.88 Å². The molecule has 2 heterocycles. The number of nitriles is 1. The van der Waals surface area contributed by atoms with Crippen LogP contribution in [-0.4, -0.2) is 41.0 Å². The molecule has 1 aromatic carbocycles. The highest BCUT2D eigenvalue weighted by Crippen LogP contribution is 2.18. The molecule has 1 aromatic heterocycles. The molecule has 1 aliphatic rings. The minimum Gasteiger partial charge on any atom is -0.354 e. The van der Waals surface area contributed by atoms with Gasteiger partial charge in [-0.05, 0) is 23.8 Å². The van der Waals surface area contributed by atoms with E-state index < -0.39 is 4.92 Å². The normalized spacial score (nSPS) is 15.0. The molecule has 3 rings (SSSR count). The Morgan fingerprint density at radius 3 is 2.38 bits per heavy atom. The summed E-state index contributed by atoms with van der Waals surface area (Å²) in [7, 11) is 0. The van der Waals surface area contributed by atoms with Gasteiger partial charge in [0.15, 0.2) is 0 Å². The van der Waals surface area contributed by atoms with E-state index in [0.717, 1.165) is 38.5 Å². The van der Waals surface area contributed by atoms with Gasteiger partial charge in [0, 0.05) is 38.8 Å². The lowest BCUT2D eigenvalue weighted by Crippen LogP contribution is -2.46. The van der Waals surface area contributed by atoms with Gasteiger partial charge in [0.05, 0.1) is 16.6 Å². The molecule has 0 atom stereocenters.